The van der Waals surface area contributed by atoms with Gasteiger partial charge in [-0.05, 0) is 18.3 Å². The van der Waals surface area contributed by atoms with Crippen molar-refractivity contribution in [3.05, 3.63) is 0 Å². The van der Waals surface area contributed by atoms with E-state index < -0.39 is 5.92 Å². The predicted molar refractivity (Wildman–Crippen MR) is 70.0 cm³/mol. The van der Waals surface area contributed by atoms with Crippen LogP contribution in [0.4, 0.5) is 0 Å². The first kappa shape index (κ1) is 16.9. The van der Waals surface area contributed by atoms with E-state index in [0.29, 0.717) is 13.2 Å². The Hall–Kier alpha value is -1.06. The van der Waals surface area contributed by atoms with Crippen LogP contribution in [0.1, 0.15) is 48.0 Å². The van der Waals surface area contributed by atoms with Gasteiger partial charge in [-0.25, -0.2) is 0 Å². The highest BCUT2D eigenvalue weighted by Crippen LogP contribution is 2.19. The molecule has 0 saturated carbocycles. The van der Waals surface area contributed by atoms with Crippen LogP contribution in [-0.2, 0) is 19.1 Å². The number of esters is 2. The average molecular weight is 258 g/mol. The summed E-state index contributed by atoms with van der Waals surface area (Å²) in [6.45, 7) is 12.2. The van der Waals surface area contributed by atoms with Crippen molar-refractivity contribution in [2.45, 2.75) is 48.0 Å². The van der Waals surface area contributed by atoms with Crippen LogP contribution in [0.3, 0.4) is 0 Å². The van der Waals surface area contributed by atoms with Crippen molar-refractivity contribution in [2.24, 2.45) is 17.3 Å². The fourth-order valence-corrected chi connectivity index (χ4v) is 1.38. The largest absolute Gasteiger partial charge is 0.466 e. The van der Waals surface area contributed by atoms with Crippen LogP contribution in [-0.4, -0.2) is 25.2 Å². The van der Waals surface area contributed by atoms with Crippen LogP contribution >= 0.6 is 0 Å². The molecule has 106 valence electrons. The molecule has 0 radical (unpaired) electrons. The fraction of sp³-hybridized carbons (Fsp3) is 0.857. The van der Waals surface area contributed by atoms with Crippen LogP contribution in [0, 0.1) is 17.3 Å². The Bertz CT molecular complexity index is 276. The van der Waals surface area contributed by atoms with Crippen molar-refractivity contribution in [1.82, 2.24) is 0 Å². The van der Waals surface area contributed by atoms with E-state index in [9.17, 15) is 9.59 Å². The second kappa shape index (κ2) is 7.39. The van der Waals surface area contributed by atoms with Gasteiger partial charge in [-0.15, -0.1) is 0 Å². The second-order valence-corrected chi connectivity index (χ2v) is 6.03. The van der Waals surface area contributed by atoms with E-state index in [2.05, 4.69) is 0 Å². The summed E-state index contributed by atoms with van der Waals surface area (Å²) in [5.74, 6) is -1.01. The maximum Gasteiger partial charge on any atom is 0.309 e. The smallest absolute Gasteiger partial charge is 0.309 e. The van der Waals surface area contributed by atoms with E-state index in [-0.39, 0.29) is 29.7 Å². The Morgan fingerprint density at radius 1 is 1.11 bits per heavy atom. The van der Waals surface area contributed by atoms with Gasteiger partial charge in [0.1, 0.15) is 0 Å². The average Bonchev–Trinajstić information content (AvgIpc) is 2.21. The minimum absolute atomic E-state index is 0.0613. The molecule has 0 saturated heterocycles. The van der Waals surface area contributed by atoms with Crippen LogP contribution in [0.25, 0.3) is 0 Å². The van der Waals surface area contributed by atoms with Crippen LogP contribution in [0.2, 0.25) is 0 Å². The number of rotatable bonds is 6. The number of ether oxygens (including phenoxy) is 2. The van der Waals surface area contributed by atoms with Gasteiger partial charge in [0.25, 0.3) is 0 Å². The summed E-state index contributed by atoms with van der Waals surface area (Å²) in [6, 6.07) is 0. The molecule has 4 heteroatoms. The van der Waals surface area contributed by atoms with Gasteiger partial charge < -0.3 is 9.47 Å². The van der Waals surface area contributed by atoms with E-state index >= 15 is 0 Å². The zero-order valence-corrected chi connectivity index (χ0v) is 12.4. The normalized spacial score (nSPS) is 13.3. The molecule has 4 nitrogen and oxygen atoms in total. The number of carbonyl (C=O) groups is 2. The van der Waals surface area contributed by atoms with Crippen molar-refractivity contribution in [2.75, 3.05) is 13.2 Å². The third kappa shape index (κ3) is 7.30. The molecule has 0 amide bonds. The summed E-state index contributed by atoms with van der Waals surface area (Å²) < 4.78 is 10.1. The van der Waals surface area contributed by atoms with Gasteiger partial charge in [-0.3, -0.25) is 9.59 Å². The molecule has 0 bridgehead atoms. The standard InChI is InChI=1S/C14H26O4/c1-7-17-13(16)11(10(2)3)8-12(15)18-9-14(4,5)6/h10-11H,7-9H2,1-6H3. The molecule has 0 aliphatic heterocycles. The first-order valence-corrected chi connectivity index (χ1v) is 6.49. The van der Waals surface area contributed by atoms with Crippen LogP contribution in [0.15, 0.2) is 0 Å². The topological polar surface area (TPSA) is 52.6 Å². The number of hydrogen-bond donors (Lipinski definition) is 0. The van der Waals surface area contributed by atoms with Crippen LogP contribution in [0.5, 0.6) is 0 Å². The number of carbonyl (C=O) groups excluding carboxylic acids is 2. The summed E-state index contributed by atoms with van der Waals surface area (Å²) in [7, 11) is 0. The molecule has 0 aliphatic rings. The zero-order valence-electron chi connectivity index (χ0n) is 12.4. The van der Waals surface area contributed by atoms with Crippen molar-refractivity contribution in [3.63, 3.8) is 0 Å². The molecular formula is C14H26O4. The van der Waals surface area contributed by atoms with Gasteiger partial charge in [0.2, 0.25) is 0 Å². The Morgan fingerprint density at radius 3 is 2.06 bits per heavy atom. The summed E-state index contributed by atoms with van der Waals surface area (Å²) in [5.41, 5.74) is -0.0626. The summed E-state index contributed by atoms with van der Waals surface area (Å²) in [6.07, 6.45) is 0.0899. The van der Waals surface area contributed by atoms with Crippen molar-refractivity contribution < 1.29 is 19.1 Å². The maximum atomic E-state index is 11.7. The second-order valence-electron chi connectivity index (χ2n) is 6.03. The van der Waals surface area contributed by atoms with Crippen molar-refractivity contribution in [3.8, 4) is 0 Å². The van der Waals surface area contributed by atoms with Gasteiger partial charge in [0.05, 0.1) is 25.6 Å². The Morgan fingerprint density at radius 2 is 1.67 bits per heavy atom. The molecule has 0 aliphatic carbocycles. The molecule has 0 fully saturated rings. The third-order valence-electron chi connectivity index (χ3n) is 2.45. The maximum absolute atomic E-state index is 11.7. The minimum atomic E-state index is -0.419. The zero-order chi connectivity index (χ0) is 14.3. The quantitative estimate of drug-likeness (QED) is 0.687. The molecule has 1 atom stereocenters. The van der Waals surface area contributed by atoms with E-state index in [0.717, 1.165) is 0 Å². The lowest BCUT2D eigenvalue weighted by atomic mass is 9.92. The van der Waals surface area contributed by atoms with Crippen molar-refractivity contribution >= 4 is 11.9 Å². The first-order chi connectivity index (χ1) is 8.17. The lowest BCUT2D eigenvalue weighted by molar-refractivity contribution is -0.157. The predicted octanol–water partition coefficient (Wildman–Crippen LogP) is 2.80. The summed E-state index contributed by atoms with van der Waals surface area (Å²) in [5, 5.41) is 0. The Labute approximate surface area is 110 Å². The molecule has 0 aromatic heterocycles. The van der Waals surface area contributed by atoms with Gasteiger partial charge >= 0.3 is 11.9 Å². The third-order valence-corrected chi connectivity index (χ3v) is 2.45. The molecule has 0 heterocycles. The molecule has 0 spiro atoms. The fourth-order valence-electron chi connectivity index (χ4n) is 1.38. The Balaban J connectivity index is 4.33. The molecule has 0 aromatic carbocycles. The summed E-state index contributed by atoms with van der Waals surface area (Å²) >= 11 is 0. The Kier molecular flexibility index (Phi) is 6.96. The SMILES string of the molecule is CCOC(=O)C(CC(=O)OCC(C)(C)C)C(C)C. The molecule has 18 heavy (non-hydrogen) atoms. The number of hydrogen-bond acceptors (Lipinski definition) is 4. The van der Waals surface area contributed by atoms with E-state index in [4.69, 9.17) is 9.47 Å². The molecule has 0 N–H and O–H groups in total. The van der Waals surface area contributed by atoms with Gasteiger partial charge in [-0.1, -0.05) is 34.6 Å². The molecule has 0 rings (SSSR count). The van der Waals surface area contributed by atoms with Gasteiger partial charge in [0.15, 0.2) is 0 Å². The van der Waals surface area contributed by atoms with E-state index in [1.807, 2.05) is 34.6 Å². The first-order valence-electron chi connectivity index (χ1n) is 6.49. The lowest BCUT2D eigenvalue weighted by Crippen LogP contribution is -2.27. The van der Waals surface area contributed by atoms with Gasteiger partial charge in [-0.2, -0.15) is 0 Å². The highest BCUT2D eigenvalue weighted by Gasteiger charge is 2.27. The minimum Gasteiger partial charge on any atom is -0.466 e. The van der Waals surface area contributed by atoms with E-state index in [1.54, 1.807) is 6.92 Å². The monoisotopic (exact) mass is 258 g/mol. The molecular weight excluding hydrogens is 232 g/mol. The molecule has 1 unspecified atom stereocenters. The van der Waals surface area contributed by atoms with Crippen molar-refractivity contribution in [1.29, 1.82) is 0 Å². The highest BCUT2D eigenvalue weighted by molar-refractivity contribution is 5.80. The van der Waals surface area contributed by atoms with Gasteiger partial charge in [0, 0.05) is 0 Å². The lowest BCUT2D eigenvalue weighted by Gasteiger charge is -2.21. The highest BCUT2D eigenvalue weighted by atomic mass is 16.5. The summed E-state index contributed by atoms with van der Waals surface area (Å²) in [4.78, 5) is 23.4. The van der Waals surface area contributed by atoms with Crippen LogP contribution < -0.4 is 0 Å². The van der Waals surface area contributed by atoms with E-state index in [1.165, 1.54) is 0 Å². The molecule has 0 aromatic rings.